The van der Waals surface area contributed by atoms with Crippen LogP contribution in [0.2, 0.25) is 0 Å². The number of benzene rings is 1. The molecule has 0 radical (unpaired) electrons. The molecule has 0 spiro atoms. The van der Waals surface area contributed by atoms with Crippen LogP contribution in [0.1, 0.15) is 12.0 Å². The van der Waals surface area contributed by atoms with Crippen molar-refractivity contribution < 1.29 is 14.3 Å². The highest BCUT2D eigenvalue weighted by atomic mass is 16.5. The fourth-order valence-electron chi connectivity index (χ4n) is 3.45. The van der Waals surface area contributed by atoms with Gasteiger partial charge in [-0.2, -0.15) is 0 Å². The number of carbonyl (C=O) groups is 1. The highest BCUT2D eigenvalue weighted by Gasteiger charge is 2.22. The highest BCUT2D eigenvalue weighted by Crippen LogP contribution is 2.27. The Balaban J connectivity index is 1.39. The van der Waals surface area contributed by atoms with Gasteiger partial charge in [0.25, 0.3) is 0 Å². The van der Waals surface area contributed by atoms with E-state index in [-0.39, 0.29) is 5.91 Å². The number of guanidine groups is 1. The first kappa shape index (κ1) is 23.1. The number of piperazine rings is 1. The maximum atomic E-state index is 12.6. The second-order valence-electron chi connectivity index (χ2n) is 7.21. The van der Waals surface area contributed by atoms with Crippen LogP contribution in [0.25, 0.3) is 0 Å². The minimum atomic E-state index is 0.126. The molecule has 1 aliphatic heterocycles. The zero-order chi connectivity index (χ0) is 22.8. The summed E-state index contributed by atoms with van der Waals surface area (Å²) in [4.78, 5) is 29.3. The van der Waals surface area contributed by atoms with E-state index >= 15 is 0 Å². The van der Waals surface area contributed by atoms with Crippen molar-refractivity contribution in [3.05, 3.63) is 42.2 Å². The second-order valence-corrected chi connectivity index (χ2v) is 7.21. The van der Waals surface area contributed by atoms with Gasteiger partial charge in [0.15, 0.2) is 17.5 Å². The molecule has 1 aromatic heterocycles. The largest absolute Gasteiger partial charge is 0.493 e. The van der Waals surface area contributed by atoms with E-state index in [1.54, 1.807) is 39.7 Å². The summed E-state index contributed by atoms with van der Waals surface area (Å²) in [7, 11) is 4.93. The fourth-order valence-corrected chi connectivity index (χ4v) is 3.45. The molecule has 0 unspecified atom stereocenters. The van der Waals surface area contributed by atoms with Crippen LogP contribution in [0.3, 0.4) is 0 Å². The van der Waals surface area contributed by atoms with Crippen molar-refractivity contribution in [1.82, 2.24) is 25.5 Å². The fraction of sp³-hybridized carbons (Fsp3) is 0.455. The van der Waals surface area contributed by atoms with Crippen LogP contribution in [0.5, 0.6) is 11.5 Å². The molecule has 2 aromatic rings. The molecule has 10 heteroatoms. The van der Waals surface area contributed by atoms with Crippen molar-refractivity contribution in [3.8, 4) is 11.5 Å². The quantitative estimate of drug-likeness (QED) is 0.460. The molecule has 1 aliphatic rings. The third kappa shape index (κ3) is 6.22. The van der Waals surface area contributed by atoms with Gasteiger partial charge >= 0.3 is 0 Å². The Morgan fingerprint density at radius 3 is 2.44 bits per heavy atom. The Morgan fingerprint density at radius 2 is 1.78 bits per heavy atom. The van der Waals surface area contributed by atoms with E-state index in [2.05, 4.69) is 30.5 Å². The zero-order valence-corrected chi connectivity index (χ0v) is 18.9. The molecule has 0 aliphatic carbocycles. The van der Waals surface area contributed by atoms with E-state index < -0.39 is 0 Å². The summed E-state index contributed by atoms with van der Waals surface area (Å²) in [6.07, 6.45) is 3.87. The molecule has 1 saturated heterocycles. The van der Waals surface area contributed by atoms with Crippen molar-refractivity contribution in [2.24, 2.45) is 4.99 Å². The number of aromatic nitrogens is 2. The van der Waals surface area contributed by atoms with Gasteiger partial charge in [0, 0.05) is 65.1 Å². The van der Waals surface area contributed by atoms with E-state index in [0.29, 0.717) is 56.0 Å². The molecule has 10 nitrogen and oxygen atoms in total. The summed E-state index contributed by atoms with van der Waals surface area (Å²) in [6, 6.07) is 7.55. The lowest BCUT2D eigenvalue weighted by Gasteiger charge is -2.34. The van der Waals surface area contributed by atoms with E-state index in [1.807, 2.05) is 23.1 Å². The molecule has 0 atom stereocenters. The first-order chi connectivity index (χ1) is 15.6. The van der Waals surface area contributed by atoms with Gasteiger partial charge in [-0.15, -0.1) is 0 Å². The molecule has 172 valence electrons. The average molecular weight is 442 g/mol. The number of nitrogens with zero attached hydrogens (tertiary/aromatic N) is 5. The number of methoxy groups -OCH3 is 2. The highest BCUT2D eigenvalue weighted by molar-refractivity contribution is 5.81. The summed E-state index contributed by atoms with van der Waals surface area (Å²) in [5.74, 6) is 2.85. The molecular formula is C22H31N7O3. The number of carbonyl (C=O) groups excluding carboxylic acids is 1. The minimum absolute atomic E-state index is 0.126. The lowest BCUT2D eigenvalue weighted by molar-refractivity contribution is -0.131. The molecular weight excluding hydrogens is 410 g/mol. The van der Waals surface area contributed by atoms with Crippen molar-refractivity contribution in [2.75, 3.05) is 58.9 Å². The average Bonchev–Trinajstić information content (AvgIpc) is 2.86. The van der Waals surface area contributed by atoms with Crippen LogP contribution < -0.4 is 25.0 Å². The maximum absolute atomic E-state index is 12.6. The number of anilines is 1. The minimum Gasteiger partial charge on any atom is -0.493 e. The lowest BCUT2D eigenvalue weighted by atomic mass is 10.2. The number of aliphatic imine (C=N–C) groups is 1. The zero-order valence-electron chi connectivity index (χ0n) is 18.9. The predicted octanol–water partition coefficient (Wildman–Crippen LogP) is 0.898. The molecule has 32 heavy (non-hydrogen) atoms. The van der Waals surface area contributed by atoms with Gasteiger partial charge in [-0.1, -0.05) is 6.07 Å². The number of hydrogen-bond acceptors (Lipinski definition) is 7. The molecule has 1 aromatic carbocycles. The third-order valence-electron chi connectivity index (χ3n) is 5.23. The molecule has 1 fully saturated rings. The van der Waals surface area contributed by atoms with Crippen LogP contribution in [-0.4, -0.2) is 80.7 Å². The first-order valence-electron chi connectivity index (χ1n) is 10.6. The number of hydrogen-bond donors (Lipinski definition) is 2. The van der Waals surface area contributed by atoms with Crippen molar-refractivity contribution in [1.29, 1.82) is 0 Å². The summed E-state index contributed by atoms with van der Waals surface area (Å²) in [5.41, 5.74) is 1.03. The van der Waals surface area contributed by atoms with Gasteiger partial charge in [0.1, 0.15) is 0 Å². The first-order valence-corrected chi connectivity index (χ1v) is 10.6. The Bertz CT molecular complexity index is 900. The molecule has 3 rings (SSSR count). The standard InChI is InChI=1S/C22H31N7O3/c1-23-21(27-16-17-5-6-18(31-2)19(15-17)32-3)24-10-7-20(30)28-11-13-29(14-12-28)22-25-8-4-9-26-22/h4-6,8-9,15H,7,10-14,16H2,1-3H3,(H2,23,24,27). The predicted molar refractivity (Wildman–Crippen MR) is 123 cm³/mol. The van der Waals surface area contributed by atoms with E-state index in [9.17, 15) is 4.79 Å². The summed E-state index contributed by atoms with van der Waals surface area (Å²) >= 11 is 0. The molecule has 2 heterocycles. The van der Waals surface area contributed by atoms with Gasteiger partial charge in [-0.05, 0) is 23.8 Å². The van der Waals surface area contributed by atoms with Gasteiger partial charge < -0.3 is 29.9 Å². The van der Waals surface area contributed by atoms with Crippen LogP contribution in [0.4, 0.5) is 5.95 Å². The van der Waals surface area contributed by atoms with Crippen molar-refractivity contribution >= 4 is 17.8 Å². The normalized spacial score (nSPS) is 14.2. The van der Waals surface area contributed by atoms with Crippen molar-refractivity contribution in [3.63, 3.8) is 0 Å². The molecule has 0 saturated carbocycles. The van der Waals surface area contributed by atoms with E-state index in [0.717, 1.165) is 18.7 Å². The summed E-state index contributed by atoms with van der Waals surface area (Å²) in [5, 5.41) is 6.45. The van der Waals surface area contributed by atoms with Gasteiger partial charge in [0.05, 0.1) is 14.2 Å². The lowest BCUT2D eigenvalue weighted by Crippen LogP contribution is -2.50. The van der Waals surface area contributed by atoms with Gasteiger partial charge in [0.2, 0.25) is 11.9 Å². The van der Waals surface area contributed by atoms with E-state index in [4.69, 9.17) is 9.47 Å². The molecule has 1 amide bonds. The summed E-state index contributed by atoms with van der Waals surface area (Å²) in [6.45, 7) is 3.88. The third-order valence-corrected chi connectivity index (χ3v) is 5.23. The van der Waals surface area contributed by atoms with Crippen molar-refractivity contribution in [2.45, 2.75) is 13.0 Å². The Hall–Kier alpha value is -3.56. The second kappa shape index (κ2) is 11.7. The topological polar surface area (TPSA) is 104 Å². The van der Waals surface area contributed by atoms with Gasteiger partial charge in [-0.25, -0.2) is 9.97 Å². The molecule has 2 N–H and O–H groups in total. The smallest absolute Gasteiger partial charge is 0.225 e. The van der Waals surface area contributed by atoms with Crippen LogP contribution in [0.15, 0.2) is 41.7 Å². The summed E-state index contributed by atoms with van der Waals surface area (Å²) < 4.78 is 10.6. The number of nitrogens with one attached hydrogen (secondary N) is 2. The van der Waals surface area contributed by atoms with Gasteiger partial charge in [-0.3, -0.25) is 9.79 Å². The Labute approximate surface area is 188 Å². The number of ether oxygens (including phenoxy) is 2. The molecule has 0 bridgehead atoms. The monoisotopic (exact) mass is 441 g/mol. The maximum Gasteiger partial charge on any atom is 0.225 e. The Kier molecular flexibility index (Phi) is 8.47. The Morgan fingerprint density at radius 1 is 1.06 bits per heavy atom. The van der Waals surface area contributed by atoms with E-state index in [1.165, 1.54) is 0 Å². The SMILES string of the molecule is CN=C(NCCC(=O)N1CCN(c2ncccn2)CC1)NCc1ccc(OC)c(OC)c1. The van der Waals surface area contributed by atoms with Crippen LogP contribution in [-0.2, 0) is 11.3 Å². The van der Waals surface area contributed by atoms with Crippen LogP contribution >= 0.6 is 0 Å². The van der Waals surface area contributed by atoms with Crippen LogP contribution in [0, 0.1) is 0 Å². The number of rotatable bonds is 8. The number of amides is 1.